The van der Waals surface area contributed by atoms with E-state index in [2.05, 4.69) is 45.1 Å². The van der Waals surface area contributed by atoms with E-state index in [1.54, 1.807) is 0 Å². The second kappa shape index (κ2) is 3.33. The van der Waals surface area contributed by atoms with Crippen molar-refractivity contribution in [2.75, 3.05) is 0 Å². The van der Waals surface area contributed by atoms with Crippen molar-refractivity contribution >= 4 is 6.72 Å². The second-order valence-corrected chi connectivity index (χ2v) is 4.39. The molecule has 0 bridgehead atoms. The van der Waals surface area contributed by atoms with Crippen LogP contribution in [0.3, 0.4) is 0 Å². The predicted octanol–water partition coefficient (Wildman–Crippen LogP) is 3.15. The summed E-state index contributed by atoms with van der Waals surface area (Å²) in [5.41, 5.74) is 2.46. The summed E-state index contributed by atoms with van der Waals surface area (Å²) in [6.07, 6.45) is 6.15. The van der Waals surface area contributed by atoms with Crippen molar-refractivity contribution in [1.82, 2.24) is 0 Å². The molecule has 0 amide bonds. The summed E-state index contributed by atoms with van der Waals surface area (Å²) in [5.74, 6) is 0. The predicted molar refractivity (Wildman–Crippen MR) is 59.2 cm³/mol. The van der Waals surface area contributed by atoms with Crippen LogP contribution < -0.4 is 0 Å². The summed E-state index contributed by atoms with van der Waals surface area (Å²) in [7, 11) is 0. The minimum Gasteiger partial charge on any atom is -0.288 e. The molecule has 1 atom stereocenters. The van der Waals surface area contributed by atoms with Crippen molar-refractivity contribution in [3.63, 3.8) is 0 Å². The third-order valence-electron chi connectivity index (χ3n) is 2.28. The Morgan fingerprint density at radius 3 is 2.38 bits per heavy atom. The lowest BCUT2D eigenvalue weighted by atomic mass is 9.78. The highest BCUT2D eigenvalue weighted by atomic mass is 14.8. The van der Waals surface area contributed by atoms with Gasteiger partial charge in [0.05, 0.1) is 6.04 Å². The van der Waals surface area contributed by atoms with Crippen LogP contribution in [0.15, 0.2) is 40.9 Å². The van der Waals surface area contributed by atoms with Crippen LogP contribution in [0.5, 0.6) is 0 Å². The molecule has 0 aromatic heterocycles. The third-order valence-corrected chi connectivity index (χ3v) is 2.28. The Kier molecular flexibility index (Phi) is 2.55. The SMILES string of the molecule is C=NC1C(=C)C=CC=C1C(C)(C)C. The molecule has 1 heteroatoms. The van der Waals surface area contributed by atoms with Gasteiger partial charge in [0, 0.05) is 0 Å². The molecule has 0 radical (unpaired) electrons. The Morgan fingerprint density at radius 1 is 1.38 bits per heavy atom. The molecular formula is C12H17N. The van der Waals surface area contributed by atoms with Crippen molar-refractivity contribution in [3.05, 3.63) is 36.0 Å². The molecule has 1 rings (SSSR count). The summed E-state index contributed by atoms with van der Waals surface area (Å²) < 4.78 is 0. The van der Waals surface area contributed by atoms with Gasteiger partial charge in [-0.25, -0.2) is 0 Å². The minimum absolute atomic E-state index is 0.0741. The van der Waals surface area contributed by atoms with Crippen LogP contribution in [0, 0.1) is 5.41 Å². The van der Waals surface area contributed by atoms with E-state index in [1.807, 2.05) is 12.2 Å². The second-order valence-electron chi connectivity index (χ2n) is 4.39. The molecule has 0 N–H and O–H groups in total. The van der Waals surface area contributed by atoms with Crippen molar-refractivity contribution in [2.24, 2.45) is 10.4 Å². The molecule has 0 aromatic carbocycles. The van der Waals surface area contributed by atoms with E-state index in [9.17, 15) is 0 Å². The van der Waals surface area contributed by atoms with Gasteiger partial charge in [0.25, 0.3) is 0 Å². The summed E-state index contributed by atoms with van der Waals surface area (Å²) in [4.78, 5) is 4.11. The molecular weight excluding hydrogens is 158 g/mol. The zero-order chi connectivity index (χ0) is 10.1. The topological polar surface area (TPSA) is 12.4 Å². The zero-order valence-electron chi connectivity index (χ0n) is 8.67. The third kappa shape index (κ3) is 1.97. The standard InChI is InChI=1S/C12H17N/c1-9-7-6-8-10(11(9)13-5)12(2,3)4/h6-8,11H,1,5H2,2-4H3. The fourth-order valence-corrected chi connectivity index (χ4v) is 1.53. The lowest BCUT2D eigenvalue weighted by Crippen LogP contribution is -2.23. The Bertz CT molecular complexity index is 287. The van der Waals surface area contributed by atoms with Crippen LogP contribution in [0.2, 0.25) is 0 Å². The Morgan fingerprint density at radius 2 is 2.00 bits per heavy atom. The maximum absolute atomic E-state index is 4.11. The minimum atomic E-state index is 0.0741. The molecule has 1 nitrogen and oxygen atoms in total. The lowest BCUT2D eigenvalue weighted by molar-refractivity contribution is 0.475. The molecule has 1 aliphatic rings. The summed E-state index contributed by atoms with van der Waals surface area (Å²) >= 11 is 0. The maximum atomic E-state index is 4.11. The number of rotatable bonds is 1. The molecule has 0 spiro atoms. The van der Waals surface area contributed by atoms with Gasteiger partial charge in [-0.15, -0.1) is 0 Å². The molecule has 0 fully saturated rings. The van der Waals surface area contributed by atoms with Crippen LogP contribution in [-0.4, -0.2) is 12.8 Å². The van der Waals surface area contributed by atoms with Crippen molar-refractivity contribution < 1.29 is 0 Å². The van der Waals surface area contributed by atoms with E-state index >= 15 is 0 Å². The fraction of sp³-hybridized carbons (Fsp3) is 0.417. The highest BCUT2D eigenvalue weighted by Crippen LogP contribution is 2.34. The van der Waals surface area contributed by atoms with Gasteiger partial charge in [-0.3, -0.25) is 4.99 Å². The maximum Gasteiger partial charge on any atom is 0.0954 e. The number of allylic oxidation sites excluding steroid dienone is 2. The first-order chi connectivity index (χ1) is 5.96. The average molecular weight is 175 g/mol. The van der Waals surface area contributed by atoms with Gasteiger partial charge >= 0.3 is 0 Å². The number of hydrogen-bond acceptors (Lipinski definition) is 1. The molecule has 0 saturated carbocycles. The summed E-state index contributed by atoms with van der Waals surface area (Å²) in [6, 6.07) is 0.0741. The highest BCUT2D eigenvalue weighted by molar-refractivity contribution is 5.45. The van der Waals surface area contributed by atoms with E-state index < -0.39 is 0 Å². The average Bonchev–Trinajstić information content (AvgIpc) is 2.02. The van der Waals surface area contributed by atoms with Crippen LogP contribution in [-0.2, 0) is 0 Å². The zero-order valence-corrected chi connectivity index (χ0v) is 8.67. The molecule has 70 valence electrons. The Labute approximate surface area is 80.6 Å². The van der Waals surface area contributed by atoms with Crippen molar-refractivity contribution in [3.8, 4) is 0 Å². The van der Waals surface area contributed by atoms with Crippen molar-refractivity contribution in [2.45, 2.75) is 26.8 Å². The van der Waals surface area contributed by atoms with Gasteiger partial charge in [-0.05, 0) is 23.3 Å². The molecule has 0 heterocycles. The van der Waals surface area contributed by atoms with Gasteiger partial charge in [0.2, 0.25) is 0 Å². The number of nitrogens with zero attached hydrogens (tertiary/aromatic N) is 1. The number of hydrogen-bond donors (Lipinski definition) is 0. The van der Waals surface area contributed by atoms with E-state index in [0.29, 0.717) is 0 Å². The normalized spacial score (nSPS) is 22.8. The van der Waals surface area contributed by atoms with E-state index in [0.717, 1.165) is 5.57 Å². The Hall–Kier alpha value is -1.11. The molecule has 0 aromatic rings. The van der Waals surface area contributed by atoms with Gasteiger partial charge in [0.15, 0.2) is 0 Å². The van der Waals surface area contributed by atoms with Gasteiger partial charge in [-0.2, -0.15) is 0 Å². The molecule has 0 saturated heterocycles. The molecule has 1 unspecified atom stereocenters. The van der Waals surface area contributed by atoms with Gasteiger partial charge in [-0.1, -0.05) is 45.6 Å². The fourth-order valence-electron chi connectivity index (χ4n) is 1.53. The van der Waals surface area contributed by atoms with Gasteiger partial charge in [0.1, 0.15) is 0 Å². The summed E-state index contributed by atoms with van der Waals surface area (Å²) in [5, 5.41) is 0. The van der Waals surface area contributed by atoms with Crippen LogP contribution in [0.25, 0.3) is 0 Å². The largest absolute Gasteiger partial charge is 0.288 e. The van der Waals surface area contributed by atoms with E-state index in [-0.39, 0.29) is 11.5 Å². The first kappa shape index (κ1) is 9.97. The molecule has 1 aliphatic carbocycles. The monoisotopic (exact) mass is 175 g/mol. The number of aliphatic imine (C=N–C) groups is 1. The Balaban J connectivity index is 3.07. The van der Waals surface area contributed by atoms with Crippen LogP contribution in [0.1, 0.15) is 20.8 Å². The van der Waals surface area contributed by atoms with E-state index in [1.165, 1.54) is 5.57 Å². The van der Waals surface area contributed by atoms with E-state index in [4.69, 9.17) is 0 Å². The highest BCUT2D eigenvalue weighted by Gasteiger charge is 2.26. The van der Waals surface area contributed by atoms with Gasteiger partial charge < -0.3 is 0 Å². The first-order valence-electron chi connectivity index (χ1n) is 4.50. The quantitative estimate of drug-likeness (QED) is 0.543. The lowest BCUT2D eigenvalue weighted by Gasteiger charge is -2.30. The molecule has 0 aliphatic heterocycles. The summed E-state index contributed by atoms with van der Waals surface area (Å²) in [6.45, 7) is 14.1. The molecule has 13 heavy (non-hydrogen) atoms. The first-order valence-corrected chi connectivity index (χ1v) is 4.50. The van der Waals surface area contributed by atoms with Crippen LogP contribution >= 0.6 is 0 Å². The van der Waals surface area contributed by atoms with Crippen molar-refractivity contribution in [1.29, 1.82) is 0 Å². The smallest absolute Gasteiger partial charge is 0.0954 e. The van der Waals surface area contributed by atoms with Crippen LogP contribution in [0.4, 0.5) is 0 Å².